The largest absolute Gasteiger partial charge is 0.494 e. The number of hydrogen-bond acceptors (Lipinski definition) is 5. The molecule has 2 fully saturated rings. The second-order valence-corrected chi connectivity index (χ2v) is 24.8. The van der Waals surface area contributed by atoms with E-state index in [0.29, 0.717) is 0 Å². The Morgan fingerprint density at radius 3 is 1.34 bits per heavy atom. The quantitative estimate of drug-likeness (QED) is 0.102. The lowest BCUT2D eigenvalue weighted by Gasteiger charge is -2.34. The molecule has 2 heterocycles. The van der Waals surface area contributed by atoms with Gasteiger partial charge in [0.2, 0.25) is 0 Å². The standard InChI is InChI=1S/C76H71B2NO4/c1-72(2)73(3,4)81-77(80-72)59-41-37-53(38-42-59)39-48-64(66-35-22-21-33-63(66)54-25-13-9-14-26-54)56-40-49-69-67(51-56)68-52-62(47-50-70(68)76(69,57-29-17-11-18-30-57)58-31-19-12-20-32-58)79(71-36-24-23-34-65(71)55-27-15-10-16-28-55)61-45-43-60(44-46-61)78-82-74(5,6)75(7,8)83-78/h9-38,40-47,49-52,64H,39,48H2,1-8H3. The zero-order chi connectivity index (χ0) is 57.1. The van der Waals surface area contributed by atoms with E-state index in [1.165, 1.54) is 61.2 Å². The minimum atomic E-state index is -0.613. The normalized spacial score (nSPS) is 17.2. The molecule has 410 valence electrons. The van der Waals surface area contributed by atoms with Gasteiger partial charge in [0.15, 0.2) is 0 Å². The number of fused-ring (bicyclic) bond motifs is 3. The summed E-state index contributed by atoms with van der Waals surface area (Å²) in [4.78, 5) is 2.43. The average Bonchev–Trinajstić information content (AvgIpc) is 1.85. The summed E-state index contributed by atoms with van der Waals surface area (Å²) in [6.45, 7) is 16.9. The monoisotopic (exact) mass is 1080 g/mol. The lowest BCUT2D eigenvalue weighted by atomic mass is 9.67. The van der Waals surface area contributed by atoms with Gasteiger partial charge in [0.05, 0.1) is 33.5 Å². The molecule has 0 amide bonds. The Morgan fingerprint density at radius 2 is 0.795 bits per heavy atom. The van der Waals surface area contributed by atoms with Crippen molar-refractivity contribution in [3.8, 4) is 33.4 Å². The first-order valence-electron chi connectivity index (χ1n) is 29.5. The summed E-state index contributed by atoms with van der Waals surface area (Å²) in [6, 6.07) is 94.1. The van der Waals surface area contributed by atoms with E-state index >= 15 is 0 Å². The van der Waals surface area contributed by atoms with Gasteiger partial charge in [0.1, 0.15) is 0 Å². The summed E-state index contributed by atoms with van der Waals surface area (Å²) in [6.07, 6.45) is 1.76. The molecule has 1 aliphatic carbocycles. The molecule has 0 aromatic heterocycles. The van der Waals surface area contributed by atoms with Crippen LogP contribution in [-0.4, -0.2) is 36.6 Å². The van der Waals surface area contributed by atoms with Crippen LogP contribution in [0, 0.1) is 0 Å². The van der Waals surface area contributed by atoms with Crippen LogP contribution in [0.2, 0.25) is 0 Å². The van der Waals surface area contributed by atoms with Gasteiger partial charge in [-0.3, -0.25) is 0 Å². The SMILES string of the molecule is CC1(C)OB(c2ccc(CCC(c3ccc4c(c3)-c3cc(N(c5ccc(B6OC(C)(C)C(C)(C)O6)cc5)c5ccccc5-c5ccccc5)ccc3C4(c3ccccc3)c3ccccc3)c3ccccc3-c3ccccc3)cc2)OC1(C)C. The van der Waals surface area contributed by atoms with Crippen LogP contribution < -0.4 is 15.8 Å². The van der Waals surface area contributed by atoms with Crippen LogP contribution in [0.25, 0.3) is 33.4 Å². The highest BCUT2D eigenvalue weighted by molar-refractivity contribution is 6.62. The van der Waals surface area contributed by atoms with E-state index in [9.17, 15) is 0 Å². The second kappa shape index (κ2) is 21.3. The van der Waals surface area contributed by atoms with Crippen LogP contribution in [-0.2, 0) is 30.5 Å². The molecule has 7 heteroatoms. The fourth-order valence-electron chi connectivity index (χ4n) is 12.9. The number of anilines is 3. The Morgan fingerprint density at radius 1 is 0.373 bits per heavy atom. The van der Waals surface area contributed by atoms with Gasteiger partial charge >= 0.3 is 14.2 Å². The van der Waals surface area contributed by atoms with Gasteiger partial charge in [-0.2, -0.15) is 0 Å². The van der Waals surface area contributed by atoms with Crippen molar-refractivity contribution in [2.24, 2.45) is 0 Å². The second-order valence-electron chi connectivity index (χ2n) is 24.8. The molecular weight excluding hydrogens is 1010 g/mol. The van der Waals surface area contributed by atoms with E-state index in [1.807, 2.05) is 0 Å². The summed E-state index contributed by atoms with van der Waals surface area (Å²) in [5.74, 6) is 0.0475. The van der Waals surface area contributed by atoms with Crippen molar-refractivity contribution >= 4 is 42.2 Å². The predicted octanol–water partition coefficient (Wildman–Crippen LogP) is 17.2. The maximum absolute atomic E-state index is 6.58. The van der Waals surface area contributed by atoms with Crippen LogP contribution in [0.1, 0.15) is 107 Å². The topological polar surface area (TPSA) is 40.2 Å². The van der Waals surface area contributed by atoms with E-state index in [0.717, 1.165) is 52.0 Å². The van der Waals surface area contributed by atoms with Crippen molar-refractivity contribution in [3.05, 3.63) is 294 Å². The van der Waals surface area contributed by atoms with Gasteiger partial charge in [0.25, 0.3) is 0 Å². The van der Waals surface area contributed by atoms with Gasteiger partial charge in [-0.1, -0.05) is 224 Å². The fourth-order valence-corrected chi connectivity index (χ4v) is 12.9. The number of aryl methyl sites for hydroxylation is 1. The summed E-state index contributed by atoms with van der Waals surface area (Å²) >= 11 is 0. The Hall–Kier alpha value is -8.03. The summed E-state index contributed by atoms with van der Waals surface area (Å²) in [5.41, 5.74) is 18.8. The first kappa shape index (κ1) is 54.2. The van der Waals surface area contributed by atoms with Crippen LogP contribution in [0.4, 0.5) is 17.1 Å². The minimum Gasteiger partial charge on any atom is -0.399 e. The number of hydrogen-bond donors (Lipinski definition) is 0. The minimum absolute atomic E-state index is 0.0475. The van der Waals surface area contributed by atoms with Gasteiger partial charge in [0, 0.05) is 22.9 Å². The Bertz CT molecular complexity index is 3870. The average molecular weight is 1080 g/mol. The van der Waals surface area contributed by atoms with Crippen molar-refractivity contribution in [2.45, 2.75) is 102 Å². The molecule has 3 aliphatic rings. The maximum Gasteiger partial charge on any atom is 0.494 e. The third kappa shape index (κ3) is 9.68. The van der Waals surface area contributed by atoms with E-state index in [1.54, 1.807) is 0 Å². The van der Waals surface area contributed by atoms with Crippen LogP contribution >= 0.6 is 0 Å². The zero-order valence-corrected chi connectivity index (χ0v) is 49.0. The van der Waals surface area contributed by atoms with Gasteiger partial charge in [-0.05, 0) is 176 Å². The molecule has 10 aromatic carbocycles. The molecule has 2 aliphatic heterocycles. The third-order valence-corrected chi connectivity index (χ3v) is 18.8. The van der Waals surface area contributed by atoms with Crippen molar-refractivity contribution in [2.75, 3.05) is 4.90 Å². The molecule has 0 bridgehead atoms. The summed E-state index contributed by atoms with van der Waals surface area (Å²) in [5, 5.41) is 0. The molecule has 0 spiro atoms. The molecule has 1 atom stereocenters. The van der Waals surface area contributed by atoms with Gasteiger partial charge in [-0.25, -0.2) is 0 Å². The van der Waals surface area contributed by atoms with Gasteiger partial charge < -0.3 is 23.5 Å². The van der Waals surface area contributed by atoms with E-state index < -0.39 is 42.1 Å². The number of benzene rings is 10. The first-order valence-corrected chi connectivity index (χ1v) is 29.5. The predicted molar refractivity (Wildman–Crippen MR) is 344 cm³/mol. The number of para-hydroxylation sites is 1. The molecule has 0 saturated carbocycles. The Labute approximate surface area is 492 Å². The summed E-state index contributed by atoms with van der Waals surface area (Å²) in [7, 11) is -0.891. The Balaban J connectivity index is 0.985. The fraction of sp³-hybridized carbons (Fsp3) is 0.211. The highest BCUT2D eigenvalue weighted by Gasteiger charge is 2.53. The first-order chi connectivity index (χ1) is 40.1. The molecule has 83 heavy (non-hydrogen) atoms. The highest BCUT2D eigenvalue weighted by atomic mass is 16.7. The van der Waals surface area contributed by atoms with Crippen molar-refractivity contribution in [1.29, 1.82) is 0 Å². The molecule has 5 nitrogen and oxygen atoms in total. The van der Waals surface area contributed by atoms with E-state index in [4.69, 9.17) is 18.6 Å². The Kier molecular flexibility index (Phi) is 13.9. The summed E-state index contributed by atoms with van der Waals surface area (Å²) < 4.78 is 26.1. The number of rotatable bonds is 14. The molecule has 0 radical (unpaired) electrons. The molecule has 10 aromatic rings. The molecule has 2 saturated heterocycles. The lowest BCUT2D eigenvalue weighted by Crippen LogP contribution is -2.41. The van der Waals surface area contributed by atoms with Crippen LogP contribution in [0.5, 0.6) is 0 Å². The molecule has 1 unspecified atom stereocenters. The van der Waals surface area contributed by atoms with Crippen LogP contribution in [0.15, 0.2) is 255 Å². The smallest absolute Gasteiger partial charge is 0.399 e. The van der Waals surface area contributed by atoms with Crippen molar-refractivity contribution in [1.82, 2.24) is 0 Å². The lowest BCUT2D eigenvalue weighted by molar-refractivity contribution is 0.00578. The molecule has 13 rings (SSSR count). The van der Waals surface area contributed by atoms with E-state index in [-0.39, 0.29) is 5.92 Å². The number of nitrogens with zero attached hydrogens (tertiary/aromatic N) is 1. The van der Waals surface area contributed by atoms with E-state index in [2.05, 4.69) is 315 Å². The molecular formula is C76H71B2NO4. The third-order valence-electron chi connectivity index (χ3n) is 18.8. The zero-order valence-electron chi connectivity index (χ0n) is 49.0. The maximum atomic E-state index is 6.58. The van der Waals surface area contributed by atoms with Crippen molar-refractivity contribution in [3.63, 3.8) is 0 Å². The van der Waals surface area contributed by atoms with Gasteiger partial charge in [-0.15, -0.1) is 0 Å². The van der Waals surface area contributed by atoms with Crippen molar-refractivity contribution < 1.29 is 18.6 Å². The highest BCUT2D eigenvalue weighted by Crippen LogP contribution is 2.58. The van der Waals surface area contributed by atoms with Crippen LogP contribution in [0.3, 0.4) is 0 Å². The molecule has 0 N–H and O–H groups in total.